The Kier molecular flexibility index (Phi) is 11.6. The van der Waals surface area contributed by atoms with Crippen LogP contribution in [0.15, 0.2) is 12.5 Å². The first-order chi connectivity index (χ1) is 5.91. The predicted octanol–water partition coefficient (Wildman–Crippen LogP) is -0.732. The van der Waals surface area contributed by atoms with Crippen LogP contribution in [0.3, 0.4) is 0 Å². The summed E-state index contributed by atoms with van der Waals surface area (Å²) >= 11 is 0. The summed E-state index contributed by atoms with van der Waals surface area (Å²) in [5, 5.41) is 14.9. The monoisotopic (exact) mass is 256 g/mol. The van der Waals surface area contributed by atoms with E-state index in [4.69, 9.17) is 45.3 Å². The Morgan fingerprint density at radius 3 is 0.714 bits per heavy atom. The summed E-state index contributed by atoms with van der Waals surface area (Å²) in [7, 11) is -9.33. The summed E-state index contributed by atoms with van der Waals surface area (Å²) in [5.41, 5.74) is 0. The first-order valence-electron chi connectivity index (χ1n) is 2.25. The van der Waals surface area contributed by atoms with Crippen molar-refractivity contribution in [1.82, 2.24) is 0 Å². The molecule has 12 heteroatoms. The average Bonchev–Trinajstić information content (AvgIpc) is 1.79. The van der Waals surface area contributed by atoms with Crippen LogP contribution in [0.25, 0.3) is 0 Å². The summed E-state index contributed by atoms with van der Waals surface area (Å²) in [6.07, 6.45) is 1.11. The maximum absolute atomic E-state index is 8.74. The fourth-order valence-electron chi connectivity index (χ4n) is 0. The second-order valence-electron chi connectivity index (χ2n) is 1.19. The predicted molar refractivity (Wildman–Crippen MR) is 42.8 cm³/mol. The van der Waals surface area contributed by atoms with Crippen LogP contribution in [0, 0.1) is 0 Å². The summed E-state index contributed by atoms with van der Waals surface area (Å²) < 4.78 is 63.2. The molecule has 0 spiro atoms. The van der Waals surface area contributed by atoms with Crippen molar-refractivity contribution in [3.05, 3.63) is 12.5 Å². The average molecular weight is 256 g/mol. The normalized spacial score (nSPS) is 10.9. The van der Waals surface area contributed by atoms with Crippen molar-refractivity contribution in [2.75, 3.05) is 0 Å². The molecule has 0 unspecified atom stereocenters. The van der Waals surface area contributed by atoms with Crippen molar-refractivity contribution < 1.29 is 45.3 Å². The lowest BCUT2D eigenvalue weighted by molar-refractivity contribution is 0.378. The van der Waals surface area contributed by atoms with E-state index in [0.29, 0.717) is 12.5 Å². The third-order valence-corrected chi connectivity index (χ3v) is 0.0667. The van der Waals surface area contributed by atoms with Crippen molar-refractivity contribution in [2.45, 2.75) is 0 Å². The fourth-order valence-corrected chi connectivity index (χ4v) is 0. The molecule has 0 aliphatic carbocycles. The van der Waals surface area contributed by atoms with Gasteiger partial charge in [-0.05, 0) is 0 Å². The molecule has 0 amide bonds. The second-order valence-corrected chi connectivity index (χ2v) is 2.99. The Morgan fingerprint density at radius 2 is 0.714 bits per heavy atom. The molecule has 0 saturated heterocycles. The minimum Gasteiger partial charge on any atom is -0.512 e. The zero-order valence-electron chi connectivity index (χ0n) is 6.29. The molecule has 0 rings (SSSR count). The van der Waals surface area contributed by atoms with Crippen molar-refractivity contribution in [3.8, 4) is 0 Å². The molecule has 0 radical (unpaired) electrons. The number of hydrogen-bond acceptors (Lipinski definition) is 6. The zero-order valence-corrected chi connectivity index (χ0v) is 7.92. The summed E-state index contributed by atoms with van der Waals surface area (Å²) in [5.74, 6) is 0. The third kappa shape index (κ3) is 176000. The molecule has 0 fully saturated rings. The first-order valence-corrected chi connectivity index (χ1v) is 5.04. The maximum atomic E-state index is 8.74. The van der Waals surface area contributed by atoms with E-state index in [2.05, 4.69) is 0 Å². The standard InChI is InChI=1S/C2H4O2.2H2O4S/c3-1-2-4;2*1-5(2,3)4/h1-4H;2*(H2,1,2,3,4)/b2-1+;;. The highest BCUT2D eigenvalue weighted by molar-refractivity contribution is 7.80. The highest BCUT2D eigenvalue weighted by atomic mass is 32.3. The van der Waals surface area contributed by atoms with E-state index < -0.39 is 20.8 Å². The van der Waals surface area contributed by atoms with Gasteiger partial charge in [-0.3, -0.25) is 18.2 Å². The van der Waals surface area contributed by atoms with Gasteiger partial charge in [0.2, 0.25) is 0 Å². The summed E-state index contributed by atoms with van der Waals surface area (Å²) in [6, 6.07) is 0. The van der Waals surface area contributed by atoms with Crippen LogP contribution in [0.5, 0.6) is 0 Å². The summed E-state index contributed by atoms with van der Waals surface area (Å²) in [6.45, 7) is 0. The molecule has 10 nitrogen and oxygen atoms in total. The molecule has 0 aromatic heterocycles. The quantitative estimate of drug-likeness (QED) is 0.238. The number of aliphatic hydroxyl groups excluding tert-OH is 2. The lowest BCUT2D eigenvalue weighted by atomic mass is 11.1. The minimum absolute atomic E-state index is 0.556. The van der Waals surface area contributed by atoms with Crippen LogP contribution < -0.4 is 0 Å². The van der Waals surface area contributed by atoms with Crippen LogP contribution in [-0.2, 0) is 20.8 Å². The zero-order chi connectivity index (χ0) is 12.4. The molecule has 0 atom stereocenters. The molecule has 0 saturated carbocycles. The van der Waals surface area contributed by atoms with E-state index in [1.807, 2.05) is 0 Å². The van der Waals surface area contributed by atoms with E-state index in [-0.39, 0.29) is 0 Å². The van der Waals surface area contributed by atoms with Gasteiger partial charge in [-0.2, -0.15) is 16.8 Å². The third-order valence-electron chi connectivity index (χ3n) is 0.0667. The molecule has 0 aliphatic heterocycles. The van der Waals surface area contributed by atoms with Gasteiger partial charge in [0.05, 0.1) is 0 Å². The number of hydrogen-bond donors (Lipinski definition) is 6. The van der Waals surface area contributed by atoms with E-state index >= 15 is 0 Å². The Morgan fingerprint density at radius 1 is 0.643 bits per heavy atom. The van der Waals surface area contributed by atoms with Crippen molar-refractivity contribution >= 4 is 20.8 Å². The Balaban J connectivity index is -0.000000131. The molecule has 0 aromatic carbocycles. The SMILES string of the molecule is O/C=C/O.O=S(=O)(O)O.O=S(=O)(O)O. The largest absolute Gasteiger partial charge is 0.512 e. The minimum atomic E-state index is -4.67. The van der Waals surface area contributed by atoms with Gasteiger partial charge in [0, 0.05) is 0 Å². The topological polar surface area (TPSA) is 190 Å². The van der Waals surface area contributed by atoms with Gasteiger partial charge < -0.3 is 10.2 Å². The van der Waals surface area contributed by atoms with Gasteiger partial charge in [0.25, 0.3) is 0 Å². The first kappa shape index (κ1) is 18.8. The molecule has 0 aliphatic rings. The Hall–Kier alpha value is -0.920. The van der Waals surface area contributed by atoms with E-state index in [1.54, 1.807) is 0 Å². The molecular formula is C2H8O10S2. The molecular weight excluding hydrogens is 248 g/mol. The van der Waals surface area contributed by atoms with Gasteiger partial charge in [-0.25, -0.2) is 0 Å². The van der Waals surface area contributed by atoms with E-state index in [1.165, 1.54) is 0 Å². The van der Waals surface area contributed by atoms with Gasteiger partial charge in [-0.1, -0.05) is 0 Å². The molecule has 6 N–H and O–H groups in total. The Bertz CT molecular complexity index is 269. The van der Waals surface area contributed by atoms with Crippen molar-refractivity contribution in [2.24, 2.45) is 0 Å². The van der Waals surface area contributed by atoms with Gasteiger partial charge in [0.15, 0.2) is 0 Å². The molecule has 14 heavy (non-hydrogen) atoms. The molecule has 88 valence electrons. The van der Waals surface area contributed by atoms with Gasteiger partial charge in [0.1, 0.15) is 12.5 Å². The molecule has 0 bridgehead atoms. The highest BCUT2D eigenvalue weighted by Gasteiger charge is 1.85. The molecule has 0 heterocycles. The van der Waals surface area contributed by atoms with Crippen LogP contribution in [0.4, 0.5) is 0 Å². The maximum Gasteiger partial charge on any atom is 0.394 e. The number of aliphatic hydroxyl groups is 2. The Labute approximate surface area is 79.3 Å². The van der Waals surface area contributed by atoms with Crippen LogP contribution in [0.1, 0.15) is 0 Å². The smallest absolute Gasteiger partial charge is 0.394 e. The van der Waals surface area contributed by atoms with Crippen LogP contribution in [0.2, 0.25) is 0 Å². The van der Waals surface area contributed by atoms with E-state index in [0.717, 1.165) is 0 Å². The van der Waals surface area contributed by atoms with E-state index in [9.17, 15) is 0 Å². The lowest BCUT2D eigenvalue weighted by Gasteiger charge is -1.68. The fraction of sp³-hybridized carbons (Fsp3) is 0. The second kappa shape index (κ2) is 8.67. The van der Waals surface area contributed by atoms with Gasteiger partial charge in [-0.15, -0.1) is 0 Å². The van der Waals surface area contributed by atoms with Crippen LogP contribution in [-0.4, -0.2) is 45.3 Å². The lowest BCUT2D eigenvalue weighted by Crippen LogP contribution is -1.89. The highest BCUT2D eigenvalue weighted by Crippen LogP contribution is 1.59. The molecule has 0 aromatic rings. The summed E-state index contributed by atoms with van der Waals surface area (Å²) in [4.78, 5) is 0. The van der Waals surface area contributed by atoms with Crippen LogP contribution >= 0.6 is 0 Å². The van der Waals surface area contributed by atoms with Crippen molar-refractivity contribution in [3.63, 3.8) is 0 Å². The van der Waals surface area contributed by atoms with Crippen molar-refractivity contribution in [1.29, 1.82) is 0 Å². The van der Waals surface area contributed by atoms with Gasteiger partial charge >= 0.3 is 20.8 Å². The number of rotatable bonds is 0.